The van der Waals surface area contributed by atoms with E-state index >= 15 is 0 Å². The number of carboxylic acids is 1. The Kier molecular flexibility index (Phi) is 4.29. The molecule has 1 atom stereocenters. The van der Waals surface area contributed by atoms with Crippen LogP contribution in [0.5, 0.6) is 0 Å². The normalized spacial score (nSPS) is 18.1. The Labute approximate surface area is 122 Å². The van der Waals surface area contributed by atoms with Crippen LogP contribution in [0.2, 0.25) is 0 Å². The van der Waals surface area contributed by atoms with Crippen LogP contribution < -0.4 is 4.72 Å². The lowest BCUT2D eigenvalue weighted by atomic mass is 9.94. The second kappa shape index (κ2) is 5.82. The highest BCUT2D eigenvalue weighted by molar-refractivity contribution is 7.88. The molecule has 2 N–H and O–H groups in total. The van der Waals surface area contributed by atoms with Gasteiger partial charge in [-0.05, 0) is 11.1 Å². The molecule has 1 aromatic carbocycles. The van der Waals surface area contributed by atoms with Crippen molar-refractivity contribution < 1.29 is 23.1 Å². The molecule has 1 aromatic rings. The first-order valence-electron chi connectivity index (χ1n) is 6.31. The van der Waals surface area contributed by atoms with Gasteiger partial charge in [-0.1, -0.05) is 24.3 Å². The first-order chi connectivity index (χ1) is 9.78. The number of nitrogens with one attached hydrogen (secondary N) is 1. The molecule has 1 aliphatic rings. The summed E-state index contributed by atoms with van der Waals surface area (Å²) in [7, 11) is -3.50. The van der Waals surface area contributed by atoms with E-state index in [1.807, 2.05) is 24.3 Å². The molecule has 0 saturated carbocycles. The van der Waals surface area contributed by atoms with Crippen LogP contribution in [0.25, 0.3) is 0 Å². The van der Waals surface area contributed by atoms with Crippen molar-refractivity contribution >= 4 is 21.9 Å². The molecule has 0 unspecified atom stereocenters. The van der Waals surface area contributed by atoms with Crippen molar-refractivity contribution in [3.63, 3.8) is 0 Å². The van der Waals surface area contributed by atoms with Gasteiger partial charge in [0.25, 0.3) is 0 Å². The summed E-state index contributed by atoms with van der Waals surface area (Å²) < 4.78 is 24.2. The van der Waals surface area contributed by atoms with Crippen LogP contribution in [0.3, 0.4) is 0 Å². The Bertz CT molecular complexity index is 671. The first kappa shape index (κ1) is 15.5. The minimum atomic E-state index is -3.50. The van der Waals surface area contributed by atoms with Crippen LogP contribution in [0.1, 0.15) is 11.1 Å². The Morgan fingerprint density at radius 3 is 2.52 bits per heavy atom. The minimum absolute atomic E-state index is 0.164. The molecule has 0 radical (unpaired) electrons. The lowest BCUT2D eigenvalue weighted by Gasteiger charge is -2.34. The number of fused-ring (bicyclic) bond motifs is 1. The first-order valence-corrected chi connectivity index (χ1v) is 8.21. The number of amides is 1. The molecule has 0 bridgehead atoms. The number of hydrogen-bond donors (Lipinski definition) is 2. The van der Waals surface area contributed by atoms with Crippen LogP contribution in [0.4, 0.5) is 0 Å². The van der Waals surface area contributed by atoms with Gasteiger partial charge in [-0.25, -0.2) is 17.9 Å². The number of sulfonamides is 1. The van der Waals surface area contributed by atoms with E-state index in [2.05, 4.69) is 4.72 Å². The quantitative estimate of drug-likeness (QED) is 0.785. The van der Waals surface area contributed by atoms with Crippen molar-refractivity contribution in [3.8, 4) is 0 Å². The zero-order valence-corrected chi connectivity index (χ0v) is 12.3. The summed E-state index contributed by atoms with van der Waals surface area (Å²) in [4.78, 5) is 24.6. The van der Waals surface area contributed by atoms with Gasteiger partial charge in [0.1, 0.15) is 6.04 Å². The Morgan fingerprint density at radius 1 is 1.33 bits per heavy atom. The van der Waals surface area contributed by atoms with Crippen molar-refractivity contribution in [2.75, 3.05) is 12.8 Å². The maximum absolute atomic E-state index is 12.1. The topological polar surface area (TPSA) is 104 Å². The standard InChI is InChI=1S/C13H16N2O5S/c1-21(19,20)14-7-12(16)15-8-10-5-3-2-4-9(10)6-11(15)13(17)18/h2-5,11,14H,6-8H2,1H3,(H,17,18)/t11-/m0/s1. The fourth-order valence-corrected chi connectivity index (χ4v) is 2.69. The van der Waals surface area contributed by atoms with Crippen LogP contribution in [0, 0.1) is 0 Å². The van der Waals surface area contributed by atoms with E-state index in [1.54, 1.807) is 0 Å². The second-order valence-electron chi connectivity index (χ2n) is 4.94. The number of carboxylic acid groups (broad SMARTS) is 1. The molecule has 21 heavy (non-hydrogen) atoms. The summed E-state index contributed by atoms with van der Waals surface area (Å²) in [5, 5.41) is 9.28. The lowest BCUT2D eigenvalue weighted by Crippen LogP contribution is -2.51. The third-order valence-corrected chi connectivity index (χ3v) is 4.01. The van der Waals surface area contributed by atoms with E-state index in [4.69, 9.17) is 0 Å². The van der Waals surface area contributed by atoms with E-state index in [9.17, 15) is 23.1 Å². The molecule has 7 nitrogen and oxygen atoms in total. The molecule has 1 aliphatic heterocycles. The average Bonchev–Trinajstić information content (AvgIpc) is 2.42. The van der Waals surface area contributed by atoms with Crippen molar-refractivity contribution in [2.24, 2.45) is 0 Å². The SMILES string of the molecule is CS(=O)(=O)NCC(=O)N1Cc2ccccc2C[C@H]1C(=O)O. The number of benzene rings is 1. The molecule has 1 heterocycles. The maximum atomic E-state index is 12.1. The lowest BCUT2D eigenvalue weighted by molar-refractivity contribution is -0.150. The van der Waals surface area contributed by atoms with Gasteiger partial charge in [0.15, 0.2) is 0 Å². The van der Waals surface area contributed by atoms with Crippen LogP contribution in [-0.2, 0) is 32.6 Å². The third kappa shape index (κ3) is 3.79. The monoisotopic (exact) mass is 312 g/mol. The van der Waals surface area contributed by atoms with Gasteiger partial charge in [0.2, 0.25) is 15.9 Å². The van der Waals surface area contributed by atoms with Crippen molar-refractivity contribution in [1.82, 2.24) is 9.62 Å². The second-order valence-corrected chi connectivity index (χ2v) is 6.77. The molecular weight excluding hydrogens is 296 g/mol. The number of rotatable bonds is 4. The number of hydrogen-bond acceptors (Lipinski definition) is 4. The molecule has 0 aliphatic carbocycles. The minimum Gasteiger partial charge on any atom is -0.480 e. The summed E-state index contributed by atoms with van der Waals surface area (Å²) in [6.45, 7) is -0.276. The van der Waals surface area contributed by atoms with Gasteiger partial charge in [0, 0.05) is 13.0 Å². The van der Waals surface area contributed by atoms with Gasteiger partial charge in [-0.3, -0.25) is 4.79 Å². The highest BCUT2D eigenvalue weighted by Gasteiger charge is 2.34. The number of nitrogens with zero attached hydrogens (tertiary/aromatic N) is 1. The zero-order chi connectivity index (χ0) is 15.6. The summed E-state index contributed by atoms with van der Waals surface area (Å²) in [5.41, 5.74) is 1.77. The summed E-state index contributed by atoms with van der Waals surface area (Å²) >= 11 is 0. The molecule has 8 heteroatoms. The summed E-state index contributed by atoms with van der Waals surface area (Å²) in [6, 6.07) is 6.32. The molecule has 2 rings (SSSR count). The fourth-order valence-electron chi connectivity index (χ4n) is 2.30. The van der Waals surface area contributed by atoms with Crippen LogP contribution in [0.15, 0.2) is 24.3 Å². The number of aliphatic carboxylic acids is 1. The van der Waals surface area contributed by atoms with Gasteiger partial charge in [0.05, 0.1) is 12.8 Å². The number of carbonyl (C=O) groups excluding carboxylic acids is 1. The van der Waals surface area contributed by atoms with Crippen molar-refractivity contribution in [2.45, 2.75) is 19.0 Å². The number of carbonyl (C=O) groups is 2. The largest absolute Gasteiger partial charge is 0.480 e. The third-order valence-electron chi connectivity index (χ3n) is 3.34. The Hall–Kier alpha value is -1.93. The summed E-state index contributed by atoms with van der Waals surface area (Å²) in [5.74, 6) is -1.65. The van der Waals surface area contributed by atoms with Crippen molar-refractivity contribution in [1.29, 1.82) is 0 Å². The zero-order valence-electron chi connectivity index (χ0n) is 11.4. The highest BCUT2D eigenvalue weighted by atomic mass is 32.2. The predicted octanol–water partition coefficient (Wildman–Crippen LogP) is -0.426. The fraction of sp³-hybridized carbons (Fsp3) is 0.385. The molecule has 114 valence electrons. The predicted molar refractivity (Wildman–Crippen MR) is 75.0 cm³/mol. The van der Waals surface area contributed by atoms with Gasteiger partial charge in [-0.15, -0.1) is 0 Å². The van der Waals surface area contributed by atoms with Gasteiger partial charge < -0.3 is 10.0 Å². The van der Waals surface area contributed by atoms with E-state index in [1.165, 1.54) is 4.90 Å². The Morgan fingerprint density at radius 2 is 1.95 bits per heavy atom. The molecule has 1 amide bonds. The van der Waals surface area contributed by atoms with Crippen molar-refractivity contribution in [3.05, 3.63) is 35.4 Å². The Balaban J connectivity index is 2.20. The van der Waals surface area contributed by atoms with Gasteiger partial charge >= 0.3 is 5.97 Å². The van der Waals surface area contributed by atoms with E-state index < -0.39 is 34.5 Å². The molecule has 0 saturated heterocycles. The van der Waals surface area contributed by atoms with Gasteiger partial charge in [-0.2, -0.15) is 0 Å². The molecule has 0 fully saturated rings. The molecular formula is C13H16N2O5S. The van der Waals surface area contributed by atoms with Crippen LogP contribution in [-0.4, -0.2) is 49.1 Å². The highest BCUT2D eigenvalue weighted by Crippen LogP contribution is 2.23. The van der Waals surface area contributed by atoms with Crippen LogP contribution >= 0.6 is 0 Å². The molecule has 0 spiro atoms. The van der Waals surface area contributed by atoms with E-state index in [-0.39, 0.29) is 13.0 Å². The smallest absolute Gasteiger partial charge is 0.326 e. The molecule has 0 aromatic heterocycles. The van der Waals surface area contributed by atoms with E-state index in [0.29, 0.717) is 0 Å². The average molecular weight is 312 g/mol. The summed E-state index contributed by atoms with van der Waals surface area (Å²) in [6.07, 6.45) is 1.16. The van der Waals surface area contributed by atoms with E-state index in [0.717, 1.165) is 17.4 Å². The maximum Gasteiger partial charge on any atom is 0.326 e.